The van der Waals surface area contributed by atoms with Crippen molar-refractivity contribution in [2.75, 3.05) is 12.0 Å². The van der Waals surface area contributed by atoms with E-state index in [4.69, 9.17) is 4.74 Å². The van der Waals surface area contributed by atoms with Crippen LogP contribution < -0.4 is 4.90 Å². The van der Waals surface area contributed by atoms with Gasteiger partial charge in [0, 0.05) is 5.39 Å². The molecule has 108 valence electrons. The van der Waals surface area contributed by atoms with E-state index in [-0.39, 0.29) is 0 Å². The lowest BCUT2D eigenvalue weighted by atomic mass is 10.0. The van der Waals surface area contributed by atoms with Crippen LogP contribution in [-0.4, -0.2) is 35.7 Å². The fourth-order valence-corrected chi connectivity index (χ4v) is 2.61. The number of rotatable bonds is 2. The van der Waals surface area contributed by atoms with Crippen LogP contribution in [0.15, 0.2) is 48.6 Å². The summed E-state index contributed by atoms with van der Waals surface area (Å²) in [6, 6.07) is 10.9. The Hall–Kier alpha value is -2.37. The smallest absolute Gasteiger partial charge is 0.339 e. The number of aliphatic hydroxyl groups excluding tert-OH is 2. The maximum atomic E-state index is 12.0. The first-order chi connectivity index (χ1) is 10.1. The molecule has 1 heterocycles. The number of nitrogens with zero attached hydrogens (tertiary/aromatic N) is 1. The molecule has 5 nitrogen and oxygen atoms in total. The molecule has 0 amide bonds. The lowest BCUT2D eigenvalue weighted by Crippen LogP contribution is -2.38. The molecule has 0 aliphatic carbocycles. The highest BCUT2D eigenvalue weighted by molar-refractivity contribution is 6.07. The Labute approximate surface area is 121 Å². The third kappa shape index (κ3) is 2.16. The highest BCUT2D eigenvalue weighted by Crippen LogP contribution is 2.35. The summed E-state index contributed by atoms with van der Waals surface area (Å²) < 4.78 is 4.81. The average Bonchev–Trinajstić information content (AvgIpc) is 2.84. The monoisotopic (exact) mass is 285 g/mol. The van der Waals surface area contributed by atoms with E-state index in [0.717, 1.165) is 10.8 Å². The molecule has 1 aliphatic rings. The minimum Gasteiger partial charge on any atom is -0.465 e. The van der Waals surface area contributed by atoms with Crippen LogP contribution in [0.3, 0.4) is 0 Å². The quantitative estimate of drug-likeness (QED) is 0.648. The first-order valence-electron chi connectivity index (χ1n) is 6.56. The molecule has 2 atom stereocenters. The average molecular weight is 285 g/mol. The Kier molecular flexibility index (Phi) is 3.37. The second-order valence-electron chi connectivity index (χ2n) is 4.79. The summed E-state index contributed by atoms with van der Waals surface area (Å²) in [5, 5.41) is 21.8. The van der Waals surface area contributed by atoms with Gasteiger partial charge in [-0.05, 0) is 23.6 Å². The van der Waals surface area contributed by atoms with Gasteiger partial charge in [-0.25, -0.2) is 4.79 Å². The molecule has 0 radical (unpaired) electrons. The number of hydrogen-bond donors (Lipinski definition) is 2. The zero-order valence-corrected chi connectivity index (χ0v) is 11.4. The van der Waals surface area contributed by atoms with Crippen LogP contribution in [0.1, 0.15) is 10.4 Å². The molecule has 2 unspecified atom stereocenters. The number of esters is 1. The number of carbonyl (C=O) groups excluding carboxylic acids is 1. The van der Waals surface area contributed by atoms with Crippen LogP contribution >= 0.6 is 0 Å². The van der Waals surface area contributed by atoms with E-state index in [1.165, 1.54) is 24.2 Å². The number of carbonyl (C=O) groups is 1. The molecule has 2 N–H and O–H groups in total. The van der Waals surface area contributed by atoms with Gasteiger partial charge >= 0.3 is 5.97 Å². The number of fused-ring (bicyclic) bond motifs is 1. The first-order valence-corrected chi connectivity index (χ1v) is 6.56. The molecule has 0 saturated carbocycles. The van der Waals surface area contributed by atoms with Crippen molar-refractivity contribution in [2.45, 2.75) is 12.5 Å². The molecule has 3 rings (SSSR count). The zero-order chi connectivity index (χ0) is 15.0. The fourth-order valence-electron chi connectivity index (χ4n) is 2.61. The maximum Gasteiger partial charge on any atom is 0.339 e. The van der Waals surface area contributed by atoms with Crippen LogP contribution in [0.25, 0.3) is 10.8 Å². The first kappa shape index (κ1) is 13.6. The van der Waals surface area contributed by atoms with Gasteiger partial charge in [0.25, 0.3) is 0 Å². The second-order valence-corrected chi connectivity index (χ2v) is 4.79. The van der Waals surface area contributed by atoms with Gasteiger partial charge < -0.3 is 19.8 Å². The number of ether oxygens (including phenoxy) is 1. The van der Waals surface area contributed by atoms with E-state index in [1.54, 1.807) is 6.07 Å². The van der Waals surface area contributed by atoms with E-state index in [2.05, 4.69) is 0 Å². The zero-order valence-electron chi connectivity index (χ0n) is 11.4. The van der Waals surface area contributed by atoms with Crippen molar-refractivity contribution < 1.29 is 19.7 Å². The largest absolute Gasteiger partial charge is 0.465 e. The predicted octanol–water partition coefficient (Wildman–Crippen LogP) is 1.64. The van der Waals surface area contributed by atoms with Gasteiger partial charge in [0.15, 0.2) is 0 Å². The highest BCUT2D eigenvalue weighted by atomic mass is 16.5. The Morgan fingerprint density at radius 2 is 1.76 bits per heavy atom. The fraction of sp³-hybridized carbons (Fsp3) is 0.188. The van der Waals surface area contributed by atoms with Crippen LogP contribution in [-0.2, 0) is 4.74 Å². The van der Waals surface area contributed by atoms with Gasteiger partial charge in [0.05, 0.1) is 18.4 Å². The lowest BCUT2D eigenvalue weighted by molar-refractivity contribution is 0.0600. The molecule has 2 aromatic rings. The SMILES string of the molecule is COC(=O)c1ccc2ccccc2c1N1C(O)C=CC1O. The molecule has 5 heteroatoms. The highest BCUT2D eigenvalue weighted by Gasteiger charge is 2.30. The summed E-state index contributed by atoms with van der Waals surface area (Å²) in [6.45, 7) is 0. The maximum absolute atomic E-state index is 12.0. The van der Waals surface area contributed by atoms with Gasteiger partial charge in [-0.3, -0.25) is 0 Å². The third-order valence-electron chi connectivity index (χ3n) is 3.59. The summed E-state index contributed by atoms with van der Waals surface area (Å²) in [6.07, 6.45) is 0.976. The van der Waals surface area contributed by atoms with E-state index < -0.39 is 18.4 Å². The topological polar surface area (TPSA) is 70.0 Å². The summed E-state index contributed by atoms with van der Waals surface area (Å²) in [7, 11) is 1.30. The van der Waals surface area contributed by atoms with Crippen LogP contribution in [0.2, 0.25) is 0 Å². The molecular weight excluding hydrogens is 270 g/mol. The standard InChI is InChI=1S/C16H15NO4/c1-21-16(20)12-7-6-10-4-2-3-5-11(10)15(12)17-13(18)8-9-14(17)19/h2-9,13-14,18-19H,1H3. The van der Waals surface area contributed by atoms with Crippen molar-refractivity contribution in [1.82, 2.24) is 0 Å². The number of benzene rings is 2. The normalized spacial score (nSPS) is 21.0. The molecule has 0 aromatic heterocycles. The van der Waals surface area contributed by atoms with E-state index in [0.29, 0.717) is 11.3 Å². The molecule has 21 heavy (non-hydrogen) atoms. The Bertz CT molecular complexity index is 713. The van der Waals surface area contributed by atoms with Gasteiger partial charge in [0.2, 0.25) is 0 Å². The molecule has 0 saturated heterocycles. The number of hydrogen-bond acceptors (Lipinski definition) is 5. The molecule has 0 fully saturated rings. The minimum absolute atomic E-state index is 0.304. The Balaban J connectivity index is 2.28. The van der Waals surface area contributed by atoms with Crippen molar-refractivity contribution in [1.29, 1.82) is 0 Å². The van der Waals surface area contributed by atoms with Crippen LogP contribution in [0.5, 0.6) is 0 Å². The number of anilines is 1. The van der Waals surface area contributed by atoms with E-state index in [9.17, 15) is 15.0 Å². The van der Waals surface area contributed by atoms with Crippen molar-refractivity contribution in [3.05, 3.63) is 54.1 Å². The van der Waals surface area contributed by atoms with E-state index >= 15 is 0 Å². The molecule has 0 spiro atoms. The van der Waals surface area contributed by atoms with Crippen molar-refractivity contribution in [3.63, 3.8) is 0 Å². The Morgan fingerprint density at radius 1 is 1.10 bits per heavy atom. The summed E-state index contributed by atoms with van der Waals surface area (Å²) in [5.74, 6) is -0.512. The summed E-state index contributed by atoms with van der Waals surface area (Å²) in [4.78, 5) is 13.4. The number of aliphatic hydroxyl groups is 2. The van der Waals surface area contributed by atoms with Gasteiger partial charge in [-0.1, -0.05) is 30.3 Å². The molecule has 0 bridgehead atoms. The number of methoxy groups -OCH3 is 1. The molecule has 1 aliphatic heterocycles. The van der Waals surface area contributed by atoms with Crippen LogP contribution in [0, 0.1) is 0 Å². The van der Waals surface area contributed by atoms with Gasteiger partial charge in [0.1, 0.15) is 12.5 Å². The van der Waals surface area contributed by atoms with Crippen molar-refractivity contribution in [3.8, 4) is 0 Å². The minimum atomic E-state index is -0.991. The molecule has 2 aromatic carbocycles. The van der Waals surface area contributed by atoms with Crippen molar-refractivity contribution >= 4 is 22.4 Å². The summed E-state index contributed by atoms with van der Waals surface area (Å²) >= 11 is 0. The lowest BCUT2D eigenvalue weighted by Gasteiger charge is -2.29. The van der Waals surface area contributed by atoms with Gasteiger partial charge in [-0.2, -0.15) is 0 Å². The third-order valence-corrected chi connectivity index (χ3v) is 3.59. The van der Waals surface area contributed by atoms with Crippen LogP contribution in [0.4, 0.5) is 5.69 Å². The molecular formula is C16H15NO4. The van der Waals surface area contributed by atoms with Gasteiger partial charge in [-0.15, -0.1) is 0 Å². The van der Waals surface area contributed by atoms with E-state index in [1.807, 2.05) is 30.3 Å². The predicted molar refractivity (Wildman–Crippen MR) is 78.9 cm³/mol. The van der Waals surface area contributed by atoms with Crippen molar-refractivity contribution in [2.24, 2.45) is 0 Å². The summed E-state index contributed by atoms with van der Waals surface area (Å²) in [5.41, 5.74) is 0.767. The second kappa shape index (κ2) is 5.20. The Morgan fingerprint density at radius 3 is 2.43 bits per heavy atom.